The van der Waals surface area contributed by atoms with Crippen molar-refractivity contribution in [3.63, 3.8) is 0 Å². The van der Waals surface area contributed by atoms with E-state index in [1.54, 1.807) is 19.1 Å². The second kappa shape index (κ2) is 10.7. The topological polar surface area (TPSA) is 85.2 Å². The highest BCUT2D eigenvalue weighted by Crippen LogP contribution is 2.46. The van der Waals surface area contributed by atoms with Gasteiger partial charge in [-0.2, -0.15) is 5.10 Å². The van der Waals surface area contributed by atoms with Gasteiger partial charge in [-0.15, -0.1) is 0 Å². The molecule has 0 spiro atoms. The van der Waals surface area contributed by atoms with Gasteiger partial charge in [-0.05, 0) is 67.5 Å². The van der Waals surface area contributed by atoms with E-state index in [0.717, 1.165) is 17.0 Å². The third-order valence-corrected chi connectivity index (χ3v) is 10.7. The van der Waals surface area contributed by atoms with Gasteiger partial charge in [0.15, 0.2) is 9.84 Å². The van der Waals surface area contributed by atoms with Crippen molar-refractivity contribution in [1.82, 2.24) is 19.7 Å². The Bertz CT molecular complexity index is 1530. The van der Waals surface area contributed by atoms with E-state index in [9.17, 15) is 13.2 Å². The van der Waals surface area contributed by atoms with Crippen LogP contribution in [0.1, 0.15) is 112 Å². The van der Waals surface area contributed by atoms with E-state index in [-0.39, 0.29) is 28.9 Å². The molecule has 2 aliphatic carbocycles. The van der Waals surface area contributed by atoms with Crippen LogP contribution in [0.2, 0.25) is 0 Å². The highest BCUT2D eigenvalue weighted by Gasteiger charge is 2.42. The summed E-state index contributed by atoms with van der Waals surface area (Å²) in [4.78, 5) is 21.1. The average molecular weight is 575 g/mol. The standard InChI is InChI=1S/C33H42N4O3S/c1-5-41(39,40)25-16-9-22(10-17-25)11-18-31(38)36-19-26(27(20-36)30-8-6-7-29(34-30)23-12-13-23)28-21-37(24-14-15-24)35-32(28)33(2,3)4/h6-10,16-17,21,23-24,26-27H,5,11-15,18-20H2,1-4H3. The Labute approximate surface area is 244 Å². The summed E-state index contributed by atoms with van der Waals surface area (Å²) in [6.07, 6.45) is 8.02. The minimum absolute atomic E-state index is 0.0804. The van der Waals surface area contributed by atoms with Crippen LogP contribution in [0.25, 0.3) is 0 Å². The quantitative estimate of drug-likeness (QED) is 0.317. The van der Waals surface area contributed by atoms with Gasteiger partial charge in [-0.1, -0.05) is 45.9 Å². The highest BCUT2D eigenvalue weighted by atomic mass is 32.2. The Morgan fingerprint density at radius 3 is 2.27 bits per heavy atom. The number of aromatic nitrogens is 3. The molecule has 0 N–H and O–H groups in total. The number of rotatable bonds is 9. The largest absolute Gasteiger partial charge is 0.341 e. The maximum atomic E-state index is 13.6. The molecule has 6 rings (SSSR count). The van der Waals surface area contributed by atoms with Gasteiger partial charge in [-0.3, -0.25) is 14.5 Å². The molecule has 3 aromatic rings. The van der Waals surface area contributed by atoms with E-state index in [1.807, 2.05) is 17.0 Å². The van der Waals surface area contributed by atoms with Gasteiger partial charge in [-0.25, -0.2) is 8.42 Å². The molecular weight excluding hydrogens is 532 g/mol. The van der Waals surface area contributed by atoms with Crippen LogP contribution >= 0.6 is 0 Å². The first-order chi connectivity index (χ1) is 19.5. The molecule has 1 saturated heterocycles. The molecule has 3 fully saturated rings. The highest BCUT2D eigenvalue weighted by molar-refractivity contribution is 7.91. The number of pyridine rings is 1. The number of carbonyl (C=O) groups excluding carboxylic acids is 1. The summed E-state index contributed by atoms with van der Waals surface area (Å²) in [5, 5.41) is 5.10. The smallest absolute Gasteiger partial charge is 0.222 e. The van der Waals surface area contributed by atoms with Gasteiger partial charge in [0, 0.05) is 60.3 Å². The maximum absolute atomic E-state index is 13.6. The molecule has 7 nitrogen and oxygen atoms in total. The molecule has 2 unspecified atom stereocenters. The number of likely N-dealkylation sites (tertiary alicyclic amines) is 1. The van der Waals surface area contributed by atoms with E-state index >= 15 is 0 Å². The Morgan fingerprint density at radius 1 is 0.951 bits per heavy atom. The fourth-order valence-electron chi connectivity index (χ4n) is 6.13. The van der Waals surface area contributed by atoms with Crippen LogP contribution in [0.5, 0.6) is 0 Å². The van der Waals surface area contributed by atoms with Crippen molar-refractivity contribution in [3.8, 4) is 0 Å². The number of sulfone groups is 1. The average Bonchev–Trinajstić information content (AvgIpc) is 3.89. The lowest BCUT2D eigenvalue weighted by molar-refractivity contribution is -0.130. The van der Waals surface area contributed by atoms with Crippen LogP contribution in [0, 0.1) is 0 Å². The lowest BCUT2D eigenvalue weighted by Crippen LogP contribution is -2.29. The zero-order valence-corrected chi connectivity index (χ0v) is 25.5. The SMILES string of the molecule is CCS(=O)(=O)c1ccc(CCC(=O)N2CC(c3cccc(C4CC4)n3)C(c3cn(C4CC4)nc3C(C)(C)C)C2)cc1. The summed E-state index contributed by atoms with van der Waals surface area (Å²) in [6.45, 7) is 9.64. The molecule has 218 valence electrons. The third-order valence-electron chi connectivity index (χ3n) is 8.92. The van der Waals surface area contributed by atoms with Crippen LogP contribution in [-0.4, -0.2) is 52.8 Å². The minimum atomic E-state index is -3.23. The van der Waals surface area contributed by atoms with Crippen molar-refractivity contribution >= 4 is 15.7 Å². The van der Waals surface area contributed by atoms with Crippen LogP contribution in [-0.2, 0) is 26.5 Å². The fraction of sp³-hybridized carbons (Fsp3) is 0.545. The van der Waals surface area contributed by atoms with Gasteiger partial charge in [0.05, 0.1) is 22.4 Å². The Hall–Kier alpha value is -3.00. The number of carbonyl (C=O) groups is 1. The molecule has 3 aliphatic rings. The summed E-state index contributed by atoms with van der Waals surface area (Å²) in [7, 11) is -3.23. The Balaban J connectivity index is 1.25. The Kier molecular flexibility index (Phi) is 7.33. The molecular formula is C33H42N4O3S. The summed E-state index contributed by atoms with van der Waals surface area (Å²) >= 11 is 0. The van der Waals surface area contributed by atoms with Crippen molar-refractivity contribution in [2.24, 2.45) is 0 Å². The molecule has 0 radical (unpaired) electrons. The molecule has 41 heavy (non-hydrogen) atoms. The molecule has 1 amide bonds. The van der Waals surface area contributed by atoms with Gasteiger partial charge < -0.3 is 4.90 Å². The zero-order valence-electron chi connectivity index (χ0n) is 24.7. The van der Waals surface area contributed by atoms with Gasteiger partial charge in [0.1, 0.15) is 0 Å². The number of benzene rings is 1. The van der Waals surface area contributed by atoms with E-state index in [4.69, 9.17) is 10.1 Å². The molecule has 1 aromatic carbocycles. The van der Waals surface area contributed by atoms with Crippen molar-refractivity contribution in [3.05, 3.63) is 76.9 Å². The first-order valence-electron chi connectivity index (χ1n) is 15.2. The minimum Gasteiger partial charge on any atom is -0.341 e. The summed E-state index contributed by atoms with van der Waals surface area (Å²) in [5.41, 5.74) is 5.54. The van der Waals surface area contributed by atoms with Crippen LogP contribution in [0.15, 0.2) is 53.6 Å². The van der Waals surface area contributed by atoms with Crippen molar-refractivity contribution in [2.75, 3.05) is 18.8 Å². The molecule has 3 heterocycles. The lowest BCUT2D eigenvalue weighted by atomic mass is 9.80. The van der Waals surface area contributed by atoms with Gasteiger partial charge >= 0.3 is 0 Å². The molecule has 2 aromatic heterocycles. The van der Waals surface area contributed by atoms with E-state index in [2.05, 4.69) is 49.8 Å². The molecule has 2 atom stereocenters. The predicted octanol–water partition coefficient (Wildman–Crippen LogP) is 5.92. The van der Waals surface area contributed by atoms with E-state index in [1.165, 1.54) is 36.9 Å². The van der Waals surface area contributed by atoms with Gasteiger partial charge in [0.25, 0.3) is 0 Å². The predicted molar refractivity (Wildman–Crippen MR) is 160 cm³/mol. The summed E-state index contributed by atoms with van der Waals surface area (Å²) < 4.78 is 26.5. The second-order valence-corrected chi connectivity index (χ2v) is 15.5. The summed E-state index contributed by atoms with van der Waals surface area (Å²) in [6, 6.07) is 13.9. The fourth-order valence-corrected chi connectivity index (χ4v) is 7.01. The summed E-state index contributed by atoms with van der Waals surface area (Å²) in [5.74, 6) is 1.05. The van der Waals surface area contributed by atoms with E-state index in [0.29, 0.717) is 42.8 Å². The number of nitrogens with zero attached hydrogens (tertiary/aromatic N) is 4. The van der Waals surface area contributed by atoms with E-state index < -0.39 is 9.84 Å². The normalized spacial score (nSPS) is 21.4. The Morgan fingerprint density at radius 2 is 1.63 bits per heavy atom. The molecule has 0 bridgehead atoms. The zero-order chi connectivity index (χ0) is 28.9. The number of hydrogen-bond donors (Lipinski definition) is 0. The maximum Gasteiger partial charge on any atom is 0.222 e. The van der Waals surface area contributed by atoms with Crippen molar-refractivity contribution in [2.45, 2.75) is 100 Å². The molecule has 2 saturated carbocycles. The van der Waals surface area contributed by atoms with Crippen LogP contribution in [0.4, 0.5) is 0 Å². The van der Waals surface area contributed by atoms with Gasteiger partial charge in [0.2, 0.25) is 5.91 Å². The second-order valence-electron chi connectivity index (χ2n) is 13.2. The first-order valence-corrected chi connectivity index (χ1v) is 16.8. The van der Waals surface area contributed by atoms with Crippen LogP contribution in [0.3, 0.4) is 0 Å². The monoisotopic (exact) mass is 574 g/mol. The first kappa shape index (κ1) is 28.1. The number of hydrogen-bond acceptors (Lipinski definition) is 5. The van der Waals surface area contributed by atoms with Crippen molar-refractivity contribution < 1.29 is 13.2 Å². The molecule has 1 aliphatic heterocycles. The number of aryl methyl sites for hydroxylation is 1. The van der Waals surface area contributed by atoms with Crippen molar-refractivity contribution in [1.29, 1.82) is 0 Å². The number of amides is 1. The third kappa shape index (κ3) is 5.99. The molecule has 8 heteroatoms. The lowest BCUT2D eigenvalue weighted by Gasteiger charge is -2.23. The van der Waals surface area contributed by atoms with Crippen LogP contribution < -0.4 is 0 Å².